The summed E-state index contributed by atoms with van der Waals surface area (Å²) in [5, 5.41) is 2.79. The molecular formula is C14H18N2O4S2. The van der Waals surface area contributed by atoms with Gasteiger partial charge in [-0.05, 0) is 40.0 Å². The van der Waals surface area contributed by atoms with Crippen molar-refractivity contribution in [3.63, 3.8) is 0 Å². The number of furan rings is 1. The fourth-order valence-corrected chi connectivity index (χ4v) is 4.21. The van der Waals surface area contributed by atoms with Crippen LogP contribution < -0.4 is 10.0 Å². The van der Waals surface area contributed by atoms with E-state index >= 15 is 0 Å². The lowest BCUT2D eigenvalue weighted by molar-refractivity contribution is 0.0949. The molecule has 0 aliphatic heterocycles. The molecule has 2 heterocycles. The maximum Gasteiger partial charge on any atom is 0.255 e. The van der Waals surface area contributed by atoms with E-state index in [1.165, 1.54) is 13.1 Å². The summed E-state index contributed by atoms with van der Waals surface area (Å²) < 4.78 is 31.3. The van der Waals surface area contributed by atoms with Crippen LogP contribution in [0.2, 0.25) is 0 Å². The highest BCUT2D eigenvalue weighted by Gasteiger charge is 2.19. The Morgan fingerprint density at radius 3 is 2.45 bits per heavy atom. The van der Waals surface area contributed by atoms with Crippen LogP contribution in [0.3, 0.4) is 0 Å². The van der Waals surface area contributed by atoms with Gasteiger partial charge in [0, 0.05) is 10.4 Å². The van der Waals surface area contributed by atoms with Gasteiger partial charge in [0.05, 0.1) is 12.1 Å². The highest BCUT2D eigenvalue weighted by atomic mass is 32.2. The number of nitrogens with one attached hydrogen (secondary N) is 2. The van der Waals surface area contributed by atoms with Crippen molar-refractivity contribution >= 4 is 27.3 Å². The Balaban J connectivity index is 2.09. The molecule has 2 aromatic heterocycles. The van der Waals surface area contributed by atoms with Crippen LogP contribution in [0.4, 0.5) is 0 Å². The molecule has 0 bridgehead atoms. The summed E-state index contributed by atoms with van der Waals surface area (Å²) in [6, 6.07) is 3.21. The Hall–Kier alpha value is -1.64. The molecule has 0 aromatic carbocycles. The Morgan fingerprint density at radius 2 is 1.91 bits per heavy atom. The first kappa shape index (κ1) is 16.7. The molecule has 0 atom stereocenters. The smallest absolute Gasteiger partial charge is 0.255 e. The van der Waals surface area contributed by atoms with E-state index in [0.29, 0.717) is 11.3 Å². The van der Waals surface area contributed by atoms with Gasteiger partial charge in [0.15, 0.2) is 0 Å². The number of rotatable bonds is 5. The average molecular weight is 342 g/mol. The zero-order valence-electron chi connectivity index (χ0n) is 12.8. The van der Waals surface area contributed by atoms with Crippen LogP contribution >= 0.6 is 11.3 Å². The van der Waals surface area contributed by atoms with E-state index in [0.717, 1.165) is 27.5 Å². The highest BCUT2D eigenvalue weighted by Crippen LogP contribution is 2.23. The largest absolute Gasteiger partial charge is 0.466 e. The van der Waals surface area contributed by atoms with Gasteiger partial charge in [0.25, 0.3) is 5.91 Å². The second-order valence-electron chi connectivity index (χ2n) is 4.83. The third-order valence-electron chi connectivity index (χ3n) is 3.38. The maximum atomic E-state index is 12.2. The quantitative estimate of drug-likeness (QED) is 0.871. The molecule has 0 saturated heterocycles. The molecule has 0 spiro atoms. The van der Waals surface area contributed by atoms with Gasteiger partial charge in [-0.1, -0.05) is 0 Å². The van der Waals surface area contributed by atoms with Gasteiger partial charge >= 0.3 is 0 Å². The molecule has 0 radical (unpaired) electrons. The zero-order valence-corrected chi connectivity index (χ0v) is 14.4. The molecule has 6 nitrogen and oxygen atoms in total. The summed E-state index contributed by atoms with van der Waals surface area (Å²) in [5.74, 6) is 1.08. The number of sulfonamides is 1. The summed E-state index contributed by atoms with van der Waals surface area (Å²) >= 11 is 1.13. The van der Waals surface area contributed by atoms with E-state index in [4.69, 9.17) is 4.42 Å². The van der Waals surface area contributed by atoms with Crippen molar-refractivity contribution in [2.24, 2.45) is 0 Å². The topological polar surface area (TPSA) is 88.4 Å². The van der Waals surface area contributed by atoms with Crippen LogP contribution in [0.25, 0.3) is 0 Å². The average Bonchev–Trinajstić information content (AvgIpc) is 3.03. The maximum absolute atomic E-state index is 12.2. The van der Waals surface area contributed by atoms with Crippen molar-refractivity contribution < 1.29 is 17.6 Å². The SMILES string of the molecule is CNS(=O)(=O)c1ccc(CNC(=O)c2c(C)oc(C)c2C)s1. The van der Waals surface area contributed by atoms with Gasteiger partial charge in [-0.2, -0.15) is 0 Å². The van der Waals surface area contributed by atoms with Crippen LogP contribution in [-0.2, 0) is 16.6 Å². The van der Waals surface area contributed by atoms with Gasteiger partial charge in [0.2, 0.25) is 10.0 Å². The summed E-state index contributed by atoms with van der Waals surface area (Å²) in [6.07, 6.45) is 0. The van der Waals surface area contributed by atoms with Crippen molar-refractivity contribution in [2.45, 2.75) is 31.5 Å². The highest BCUT2D eigenvalue weighted by molar-refractivity contribution is 7.91. The summed E-state index contributed by atoms with van der Waals surface area (Å²) in [5.41, 5.74) is 1.36. The molecule has 22 heavy (non-hydrogen) atoms. The molecule has 0 fully saturated rings. The number of hydrogen-bond donors (Lipinski definition) is 2. The Bertz CT molecular complexity index is 803. The van der Waals surface area contributed by atoms with Crippen molar-refractivity contribution in [1.82, 2.24) is 10.0 Å². The lowest BCUT2D eigenvalue weighted by atomic mass is 10.1. The Morgan fingerprint density at radius 1 is 1.23 bits per heavy atom. The van der Waals surface area contributed by atoms with Crippen molar-refractivity contribution in [3.05, 3.63) is 39.7 Å². The summed E-state index contributed by atoms with van der Waals surface area (Å²) in [4.78, 5) is 13.0. The van der Waals surface area contributed by atoms with Gasteiger partial charge in [0.1, 0.15) is 15.7 Å². The van der Waals surface area contributed by atoms with E-state index in [1.807, 2.05) is 13.8 Å². The van der Waals surface area contributed by atoms with Gasteiger partial charge in [-0.25, -0.2) is 13.1 Å². The number of hydrogen-bond acceptors (Lipinski definition) is 5. The molecule has 120 valence electrons. The Kier molecular flexibility index (Phi) is 4.74. The van der Waals surface area contributed by atoms with Crippen LogP contribution in [-0.4, -0.2) is 21.4 Å². The van der Waals surface area contributed by atoms with Crippen LogP contribution in [0.15, 0.2) is 20.8 Å². The standard InChI is InChI=1S/C14H18N2O4S2/c1-8-9(2)20-10(3)13(8)14(17)16-7-11-5-6-12(21-11)22(18,19)15-4/h5-6,15H,7H2,1-4H3,(H,16,17). The van der Waals surface area contributed by atoms with Crippen LogP contribution in [0.1, 0.15) is 32.3 Å². The molecule has 2 N–H and O–H groups in total. The zero-order chi connectivity index (χ0) is 16.5. The molecule has 2 aromatic rings. The van der Waals surface area contributed by atoms with E-state index in [-0.39, 0.29) is 16.7 Å². The van der Waals surface area contributed by atoms with Crippen molar-refractivity contribution in [1.29, 1.82) is 0 Å². The number of aryl methyl sites for hydroxylation is 2. The number of carbonyl (C=O) groups excluding carboxylic acids is 1. The van der Waals surface area contributed by atoms with E-state index in [2.05, 4.69) is 10.0 Å². The predicted octanol–water partition coefficient (Wildman–Crippen LogP) is 2.10. The van der Waals surface area contributed by atoms with Gasteiger partial charge in [-0.15, -0.1) is 11.3 Å². The van der Waals surface area contributed by atoms with Crippen molar-refractivity contribution in [2.75, 3.05) is 7.05 Å². The molecule has 8 heteroatoms. The third kappa shape index (κ3) is 3.23. The summed E-state index contributed by atoms with van der Waals surface area (Å²) in [6.45, 7) is 5.67. The second-order valence-corrected chi connectivity index (χ2v) is 8.11. The Labute approximate surface area is 133 Å². The summed E-state index contributed by atoms with van der Waals surface area (Å²) in [7, 11) is -2.07. The first-order chi connectivity index (χ1) is 10.3. The minimum Gasteiger partial charge on any atom is -0.466 e. The fraction of sp³-hybridized carbons (Fsp3) is 0.357. The third-order valence-corrected chi connectivity index (χ3v) is 6.37. The number of thiophene rings is 1. The number of carbonyl (C=O) groups is 1. The minimum atomic E-state index is -3.44. The molecule has 0 aliphatic rings. The molecule has 2 rings (SSSR count). The normalized spacial score (nSPS) is 11.6. The second kappa shape index (κ2) is 6.23. The van der Waals surface area contributed by atoms with Crippen molar-refractivity contribution in [3.8, 4) is 0 Å². The van der Waals surface area contributed by atoms with E-state index in [1.54, 1.807) is 13.0 Å². The minimum absolute atomic E-state index is 0.224. The monoisotopic (exact) mass is 342 g/mol. The lowest BCUT2D eigenvalue weighted by Crippen LogP contribution is -2.23. The van der Waals surface area contributed by atoms with E-state index in [9.17, 15) is 13.2 Å². The van der Waals surface area contributed by atoms with Crippen LogP contribution in [0, 0.1) is 20.8 Å². The molecule has 0 unspecified atom stereocenters. The van der Waals surface area contributed by atoms with Gasteiger partial charge in [-0.3, -0.25) is 4.79 Å². The van der Waals surface area contributed by atoms with E-state index < -0.39 is 10.0 Å². The lowest BCUT2D eigenvalue weighted by Gasteiger charge is -2.03. The fourth-order valence-electron chi connectivity index (χ4n) is 2.08. The predicted molar refractivity (Wildman–Crippen MR) is 84.7 cm³/mol. The first-order valence-electron chi connectivity index (χ1n) is 6.63. The molecule has 0 saturated carbocycles. The first-order valence-corrected chi connectivity index (χ1v) is 8.93. The molecule has 1 amide bonds. The van der Waals surface area contributed by atoms with Crippen LogP contribution in [0.5, 0.6) is 0 Å². The van der Waals surface area contributed by atoms with Gasteiger partial charge < -0.3 is 9.73 Å². The molecular weight excluding hydrogens is 324 g/mol. The molecule has 0 aliphatic carbocycles. The number of amides is 1.